The Kier molecular flexibility index (Phi) is 5.15. The van der Waals surface area contributed by atoms with Crippen LogP contribution >= 0.6 is 0 Å². The van der Waals surface area contributed by atoms with Gasteiger partial charge in [0, 0.05) is 0 Å². The SMILES string of the molecule is C[C@@H](N)C1CCN(S(=O)(=O)C2=CCCC3=C2CCNC3=O)C[I-]1. The molecule has 2 heterocycles. The normalized spacial score (nSPS) is 28.3. The van der Waals surface area contributed by atoms with E-state index in [9.17, 15) is 13.2 Å². The molecule has 2 aliphatic heterocycles. The molecule has 1 unspecified atom stereocenters. The Morgan fingerprint density at radius 1 is 1.39 bits per heavy atom. The predicted molar refractivity (Wildman–Crippen MR) is 84.5 cm³/mol. The van der Waals surface area contributed by atoms with Crippen molar-refractivity contribution < 1.29 is 34.4 Å². The maximum absolute atomic E-state index is 13.1. The van der Waals surface area contributed by atoms with E-state index in [0.29, 0.717) is 51.3 Å². The van der Waals surface area contributed by atoms with Crippen molar-refractivity contribution in [3.63, 3.8) is 0 Å². The molecule has 1 amide bonds. The average Bonchev–Trinajstić information content (AvgIpc) is 2.55. The minimum atomic E-state index is -3.48. The van der Waals surface area contributed by atoms with E-state index in [2.05, 4.69) is 5.32 Å². The Morgan fingerprint density at radius 3 is 2.83 bits per heavy atom. The molecule has 130 valence electrons. The van der Waals surface area contributed by atoms with Crippen LogP contribution in [0, 0.1) is 0 Å². The monoisotopic (exact) mass is 452 g/mol. The van der Waals surface area contributed by atoms with E-state index >= 15 is 0 Å². The van der Waals surface area contributed by atoms with Crippen LogP contribution in [0.15, 0.2) is 22.1 Å². The second-order valence-corrected chi connectivity index (χ2v) is 11.3. The molecule has 3 rings (SSSR count). The van der Waals surface area contributed by atoms with Crippen LogP contribution in [-0.4, -0.2) is 46.2 Å². The van der Waals surface area contributed by atoms with E-state index in [4.69, 9.17) is 5.73 Å². The number of rotatable bonds is 3. The molecule has 3 N–H and O–H groups in total. The number of halogens is 1. The van der Waals surface area contributed by atoms with E-state index < -0.39 is 10.0 Å². The molecule has 6 nitrogen and oxygen atoms in total. The Morgan fingerprint density at radius 2 is 2.17 bits per heavy atom. The van der Waals surface area contributed by atoms with Crippen LogP contribution in [0.5, 0.6) is 0 Å². The molecule has 0 radical (unpaired) electrons. The van der Waals surface area contributed by atoms with Crippen LogP contribution in [0.4, 0.5) is 0 Å². The van der Waals surface area contributed by atoms with Crippen LogP contribution in [0.2, 0.25) is 0 Å². The zero-order chi connectivity index (χ0) is 16.6. The van der Waals surface area contributed by atoms with Crippen molar-refractivity contribution in [2.75, 3.05) is 17.6 Å². The second-order valence-electron chi connectivity index (χ2n) is 6.19. The summed E-state index contributed by atoms with van der Waals surface area (Å²) < 4.78 is 28.9. The number of allylic oxidation sites excluding steroid dienone is 2. The molecule has 1 fully saturated rings. The second kappa shape index (κ2) is 6.81. The number of nitrogens with one attached hydrogen (secondary N) is 1. The zero-order valence-corrected chi connectivity index (χ0v) is 16.2. The number of hydrogen-bond acceptors (Lipinski definition) is 4. The molecule has 23 heavy (non-hydrogen) atoms. The van der Waals surface area contributed by atoms with E-state index in [0.717, 1.165) is 12.0 Å². The van der Waals surface area contributed by atoms with Gasteiger partial charge >= 0.3 is 148 Å². The van der Waals surface area contributed by atoms with E-state index in [1.165, 1.54) is 0 Å². The number of nitrogens with two attached hydrogens (primary N) is 1. The van der Waals surface area contributed by atoms with Crippen molar-refractivity contribution in [1.29, 1.82) is 0 Å². The molecule has 0 aromatic carbocycles. The first-order chi connectivity index (χ1) is 10.9. The summed E-state index contributed by atoms with van der Waals surface area (Å²) >= 11 is -0.250. The first-order valence-corrected chi connectivity index (χ1v) is 12.2. The van der Waals surface area contributed by atoms with Gasteiger partial charge in [-0.1, -0.05) is 0 Å². The number of nitrogens with zero attached hydrogens (tertiary/aromatic N) is 1. The minimum absolute atomic E-state index is 0.102. The first-order valence-electron chi connectivity index (χ1n) is 7.95. The topological polar surface area (TPSA) is 92.5 Å². The molecule has 8 heteroatoms. The third-order valence-corrected chi connectivity index (χ3v) is 11.1. The molecule has 0 aromatic rings. The van der Waals surface area contributed by atoms with Gasteiger partial charge in [-0.05, 0) is 0 Å². The van der Waals surface area contributed by atoms with Crippen molar-refractivity contribution in [2.45, 2.75) is 42.6 Å². The Labute approximate surface area is 147 Å². The van der Waals surface area contributed by atoms with Crippen molar-refractivity contribution in [3.05, 3.63) is 22.1 Å². The number of carbonyl (C=O) groups excluding carboxylic acids is 1. The number of amides is 1. The Bertz CT molecular complexity index is 661. The predicted octanol–water partition coefficient (Wildman–Crippen LogP) is -2.72. The van der Waals surface area contributed by atoms with Gasteiger partial charge in [0.25, 0.3) is 0 Å². The molecule has 0 aromatic heterocycles. The van der Waals surface area contributed by atoms with Gasteiger partial charge in [0.05, 0.1) is 0 Å². The maximum atomic E-state index is 13.1. The summed E-state index contributed by atoms with van der Waals surface area (Å²) in [5.41, 5.74) is 7.37. The molecule has 0 spiro atoms. The van der Waals surface area contributed by atoms with Gasteiger partial charge < -0.3 is 0 Å². The fraction of sp³-hybridized carbons (Fsp3) is 0.667. The van der Waals surface area contributed by atoms with Crippen LogP contribution in [0.1, 0.15) is 32.6 Å². The van der Waals surface area contributed by atoms with Crippen molar-refractivity contribution in [2.24, 2.45) is 5.73 Å². The summed E-state index contributed by atoms with van der Waals surface area (Å²) in [5, 5.41) is 2.81. The summed E-state index contributed by atoms with van der Waals surface area (Å²) in [6, 6.07) is 0.151. The molecule has 0 saturated carbocycles. The summed E-state index contributed by atoms with van der Waals surface area (Å²) in [5.74, 6) is -0.102. The van der Waals surface area contributed by atoms with Crippen LogP contribution in [0.3, 0.4) is 0 Å². The van der Waals surface area contributed by atoms with Gasteiger partial charge in [-0.15, -0.1) is 0 Å². The molecule has 1 aliphatic carbocycles. The Balaban J connectivity index is 1.83. The van der Waals surface area contributed by atoms with Crippen molar-refractivity contribution >= 4 is 15.9 Å². The van der Waals surface area contributed by atoms with E-state index in [1.807, 2.05) is 13.0 Å². The third-order valence-electron chi connectivity index (χ3n) is 4.56. The quantitative estimate of drug-likeness (QED) is 0.277. The van der Waals surface area contributed by atoms with Gasteiger partial charge in [-0.3, -0.25) is 0 Å². The number of carbonyl (C=O) groups is 1. The van der Waals surface area contributed by atoms with Crippen LogP contribution < -0.4 is 32.3 Å². The molecule has 3 aliphatic rings. The molecular weight excluding hydrogens is 429 g/mol. The fourth-order valence-corrected chi connectivity index (χ4v) is 9.16. The van der Waals surface area contributed by atoms with Crippen molar-refractivity contribution in [1.82, 2.24) is 9.62 Å². The summed E-state index contributed by atoms with van der Waals surface area (Å²) in [6.45, 7) is 3.07. The summed E-state index contributed by atoms with van der Waals surface area (Å²) in [7, 11) is -3.48. The van der Waals surface area contributed by atoms with E-state index in [-0.39, 0.29) is 33.2 Å². The number of hydrogen-bond donors (Lipinski definition) is 2. The van der Waals surface area contributed by atoms with Crippen LogP contribution in [0.25, 0.3) is 0 Å². The molecular formula is C15H23IN3O3S-. The first kappa shape index (κ1) is 17.4. The molecule has 1 saturated heterocycles. The van der Waals surface area contributed by atoms with Gasteiger partial charge in [0.1, 0.15) is 0 Å². The fourth-order valence-electron chi connectivity index (χ4n) is 3.26. The number of alkyl halides is 2. The van der Waals surface area contributed by atoms with Gasteiger partial charge in [0.15, 0.2) is 0 Å². The van der Waals surface area contributed by atoms with Crippen molar-refractivity contribution in [3.8, 4) is 0 Å². The van der Waals surface area contributed by atoms with Crippen LogP contribution in [-0.2, 0) is 14.8 Å². The molecule has 0 bridgehead atoms. The van der Waals surface area contributed by atoms with Gasteiger partial charge in [-0.2, -0.15) is 0 Å². The number of sulfonamides is 1. The molecule has 2 atom stereocenters. The summed E-state index contributed by atoms with van der Waals surface area (Å²) in [6.07, 6.45) is 4.52. The van der Waals surface area contributed by atoms with Gasteiger partial charge in [-0.25, -0.2) is 0 Å². The standard InChI is InChI=1S/C15H23IN3O3S/c1-10(17)13-6-8-19(9-16-13)23(21,22)14-4-2-3-12-11(14)5-7-18-15(12)20/h4,10,13H,2-3,5-9,17H2,1H3,(H,18,20)/q-1/t10-,13?/m1/s1. The Hall–Kier alpha value is -0.450. The average molecular weight is 452 g/mol. The van der Waals surface area contributed by atoms with E-state index in [1.54, 1.807) is 4.31 Å². The van der Waals surface area contributed by atoms with Gasteiger partial charge in [0.2, 0.25) is 0 Å². The third kappa shape index (κ3) is 3.35. The summed E-state index contributed by atoms with van der Waals surface area (Å²) in [4.78, 5) is 12.4. The zero-order valence-electron chi connectivity index (χ0n) is 13.2.